The van der Waals surface area contributed by atoms with E-state index in [2.05, 4.69) is 5.32 Å². The van der Waals surface area contributed by atoms with E-state index in [1.807, 2.05) is 18.2 Å². The first-order chi connectivity index (χ1) is 13.1. The zero-order valence-corrected chi connectivity index (χ0v) is 15.4. The number of methoxy groups -OCH3 is 3. The molecular formula is C20H20FN3O3. The lowest BCUT2D eigenvalue weighted by atomic mass is 10.1. The number of halogens is 1. The van der Waals surface area contributed by atoms with Crippen LogP contribution in [0.1, 0.15) is 11.1 Å². The minimum atomic E-state index is -0.299. The summed E-state index contributed by atoms with van der Waals surface area (Å²) in [5.41, 5.74) is 4.65. The van der Waals surface area contributed by atoms with Crippen LogP contribution in [0.5, 0.6) is 11.5 Å². The van der Waals surface area contributed by atoms with Gasteiger partial charge in [-0.1, -0.05) is 6.07 Å². The molecule has 0 fully saturated rings. The quantitative estimate of drug-likeness (QED) is 0.558. The molecule has 140 valence electrons. The average molecular weight is 369 g/mol. The Morgan fingerprint density at radius 3 is 2.59 bits per heavy atom. The minimum absolute atomic E-state index is 0.285. The molecule has 6 nitrogen and oxygen atoms in total. The molecule has 0 amide bonds. The van der Waals surface area contributed by atoms with E-state index < -0.39 is 0 Å². The molecule has 0 unspecified atom stereocenters. The van der Waals surface area contributed by atoms with E-state index in [1.54, 1.807) is 32.1 Å². The van der Waals surface area contributed by atoms with Crippen molar-refractivity contribution >= 4 is 11.5 Å². The van der Waals surface area contributed by atoms with Crippen LogP contribution in [0.2, 0.25) is 0 Å². The van der Waals surface area contributed by atoms with Crippen LogP contribution in [0.25, 0.3) is 11.3 Å². The van der Waals surface area contributed by atoms with E-state index in [4.69, 9.17) is 19.3 Å². The van der Waals surface area contributed by atoms with Gasteiger partial charge in [0, 0.05) is 30.3 Å². The molecule has 3 aromatic rings. The second-order valence-corrected chi connectivity index (χ2v) is 6.27. The fraction of sp³-hybridized carbons (Fsp3) is 0.250. The van der Waals surface area contributed by atoms with Gasteiger partial charge in [-0.25, -0.2) is 9.07 Å². The Kier molecular flexibility index (Phi) is 4.45. The topological polar surface area (TPSA) is 57.5 Å². The number of hydrogen-bond acceptors (Lipinski definition) is 5. The van der Waals surface area contributed by atoms with E-state index in [0.29, 0.717) is 23.6 Å². The van der Waals surface area contributed by atoms with Crippen molar-refractivity contribution in [3.8, 4) is 22.8 Å². The van der Waals surface area contributed by atoms with E-state index in [9.17, 15) is 4.39 Å². The Bertz CT molecular complexity index is 1000. The summed E-state index contributed by atoms with van der Waals surface area (Å²) in [5, 5.41) is 8.00. The average Bonchev–Trinajstić information content (AvgIpc) is 3.17. The molecule has 0 bridgehead atoms. The zero-order chi connectivity index (χ0) is 19.0. The molecule has 0 aliphatic heterocycles. The number of benzene rings is 2. The highest BCUT2D eigenvalue weighted by Gasteiger charge is 2.29. The Hall–Kier alpha value is -3.06. The van der Waals surface area contributed by atoms with Gasteiger partial charge in [0.05, 0.1) is 19.9 Å². The first-order valence-corrected chi connectivity index (χ1v) is 8.51. The lowest BCUT2D eigenvalue weighted by Gasteiger charge is -2.12. The molecular weight excluding hydrogens is 349 g/mol. The molecule has 0 saturated heterocycles. The molecule has 27 heavy (non-hydrogen) atoms. The third kappa shape index (κ3) is 3.00. The third-order valence-corrected chi connectivity index (χ3v) is 4.62. The van der Waals surface area contributed by atoms with E-state index >= 15 is 0 Å². The van der Waals surface area contributed by atoms with Crippen molar-refractivity contribution in [3.05, 3.63) is 53.3 Å². The van der Waals surface area contributed by atoms with Crippen molar-refractivity contribution < 1.29 is 18.6 Å². The van der Waals surface area contributed by atoms with E-state index in [1.165, 1.54) is 12.1 Å². The van der Waals surface area contributed by atoms with Gasteiger partial charge in [-0.05, 0) is 35.9 Å². The highest BCUT2D eigenvalue weighted by atomic mass is 19.1. The summed E-state index contributed by atoms with van der Waals surface area (Å²) < 4.78 is 31.4. The second kappa shape index (κ2) is 6.92. The molecule has 1 aliphatic rings. The van der Waals surface area contributed by atoms with Crippen molar-refractivity contribution in [1.29, 1.82) is 0 Å². The third-order valence-electron chi connectivity index (χ3n) is 4.62. The number of nitrogens with zero attached hydrogens (tertiary/aromatic N) is 2. The van der Waals surface area contributed by atoms with Crippen molar-refractivity contribution in [2.45, 2.75) is 13.2 Å². The smallest absolute Gasteiger partial charge is 0.161 e. The van der Waals surface area contributed by atoms with Crippen molar-refractivity contribution in [3.63, 3.8) is 0 Å². The lowest BCUT2D eigenvalue weighted by Crippen LogP contribution is -2.08. The van der Waals surface area contributed by atoms with Crippen LogP contribution >= 0.6 is 0 Å². The number of aromatic nitrogens is 2. The second-order valence-electron chi connectivity index (χ2n) is 6.27. The van der Waals surface area contributed by atoms with Gasteiger partial charge in [0.1, 0.15) is 18.4 Å². The lowest BCUT2D eigenvalue weighted by molar-refractivity contribution is 0.122. The van der Waals surface area contributed by atoms with Crippen molar-refractivity contribution in [1.82, 2.24) is 9.78 Å². The number of hydrogen-bond donors (Lipinski definition) is 1. The molecule has 2 aromatic carbocycles. The van der Waals surface area contributed by atoms with Crippen molar-refractivity contribution in [2.24, 2.45) is 0 Å². The summed E-state index contributed by atoms with van der Waals surface area (Å²) in [6.45, 7) is 0.285. The fourth-order valence-corrected chi connectivity index (χ4v) is 3.42. The first-order valence-electron chi connectivity index (χ1n) is 8.51. The van der Waals surface area contributed by atoms with Gasteiger partial charge in [0.2, 0.25) is 0 Å². The van der Waals surface area contributed by atoms with Gasteiger partial charge >= 0.3 is 0 Å². The number of rotatable bonds is 6. The molecule has 1 heterocycles. The standard InChI is InChI=1S/C20H20FN3O3/c1-25-11-24-20(22-14-6-4-5-13(21)9-14)16-7-12-8-17(26-2)18(27-3)10-15(12)19(16)23-24/h4-6,8-10,22H,7,11H2,1-3H3. The molecule has 1 N–H and O–H groups in total. The molecule has 7 heteroatoms. The molecule has 1 aromatic heterocycles. The number of fused-ring (bicyclic) bond motifs is 3. The van der Waals surface area contributed by atoms with Crippen LogP contribution in [-0.2, 0) is 17.9 Å². The summed E-state index contributed by atoms with van der Waals surface area (Å²) >= 11 is 0. The highest BCUT2D eigenvalue weighted by molar-refractivity contribution is 5.82. The molecule has 0 spiro atoms. The SMILES string of the molecule is COCn1nc2c(c1Nc1cccc(F)c1)Cc1cc(OC)c(OC)cc1-2. The van der Waals surface area contributed by atoms with Crippen LogP contribution in [-0.4, -0.2) is 31.1 Å². The summed E-state index contributed by atoms with van der Waals surface area (Å²) in [5.74, 6) is 1.83. The van der Waals surface area contributed by atoms with Gasteiger partial charge in [0.25, 0.3) is 0 Å². The van der Waals surface area contributed by atoms with Crippen LogP contribution in [0, 0.1) is 5.82 Å². The first kappa shape index (κ1) is 17.4. The Morgan fingerprint density at radius 2 is 1.89 bits per heavy atom. The molecule has 0 atom stereocenters. The normalized spacial score (nSPS) is 11.9. The molecule has 0 saturated carbocycles. The maximum absolute atomic E-state index is 13.6. The number of ether oxygens (including phenoxy) is 3. The number of nitrogens with one attached hydrogen (secondary N) is 1. The molecule has 0 radical (unpaired) electrons. The monoisotopic (exact) mass is 369 g/mol. The molecule has 1 aliphatic carbocycles. The fourth-order valence-electron chi connectivity index (χ4n) is 3.42. The zero-order valence-electron chi connectivity index (χ0n) is 15.4. The van der Waals surface area contributed by atoms with Crippen molar-refractivity contribution in [2.75, 3.05) is 26.6 Å². The summed E-state index contributed by atoms with van der Waals surface area (Å²) in [7, 11) is 4.84. The van der Waals surface area contributed by atoms with Gasteiger partial charge < -0.3 is 19.5 Å². The van der Waals surface area contributed by atoms with E-state index in [-0.39, 0.29) is 12.5 Å². The Morgan fingerprint density at radius 1 is 1.11 bits per heavy atom. The van der Waals surface area contributed by atoms with Crippen LogP contribution in [0.3, 0.4) is 0 Å². The Labute approximate surface area is 156 Å². The van der Waals surface area contributed by atoms with Gasteiger partial charge in [0.15, 0.2) is 11.5 Å². The van der Waals surface area contributed by atoms with Crippen LogP contribution < -0.4 is 14.8 Å². The van der Waals surface area contributed by atoms with Crippen LogP contribution in [0.4, 0.5) is 15.9 Å². The molecule has 4 rings (SSSR count). The van der Waals surface area contributed by atoms with Crippen LogP contribution in [0.15, 0.2) is 36.4 Å². The largest absolute Gasteiger partial charge is 0.493 e. The maximum atomic E-state index is 13.6. The predicted octanol–water partition coefficient (Wildman–Crippen LogP) is 3.96. The maximum Gasteiger partial charge on any atom is 0.161 e. The summed E-state index contributed by atoms with van der Waals surface area (Å²) in [6, 6.07) is 10.3. The highest BCUT2D eigenvalue weighted by Crippen LogP contribution is 2.45. The van der Waals surface area contributed by atoms with Gasteiger partial charge in [-0.15, -0.1) is 0 Å². The summed E-state index contributed by atoms with van der Waals surface area (Å²) in [4.78, 5) is 0. The summed E-state index contributed by atoms with van der Waals surface area (Å²) in [6.07, 6.45) is 0.687. The predicted molar refractivity (Wildman–Crippen MR) is 100 cm³/mol. The Balaban J connectivity index is 1.79. The van der Waals surface area contributed by atoms with Gasteiger partial charge in [-0.2, -0.15) is 5.10 Å². The number of anilines is 2. The minimum Gasteiger partial charge on any atom is -0.493 e. The van der Waals surface area contributed by atoms with E-state index in [0.717, 1.165) is 28.2 Å². The van der Waals surface area contributed by atoms with Gasteiger partial charge in [-0.3, -0.25) is 0 Å².